The van der Waals surface area contributed by atoms with Gasteiger partial charge in [0.1, 0.15) is 5.76 Å². The average molecular weight is 277 g/mol. The van der Waals surface area contributed by atoms with Crippen molar-refractivity contribution in [3.05, 3.63) is 17.8 Å². The van der Waals surface area contributed by atoms with E-state index in [-0.39, 0.29) is 0 Å². The highest BCUT2D eigenvalue weighted by Crippen LogP contribution is 2.36. The lowest BCUT2D eigenvalue weighted by Gasteiger charge is -2.38. The highest BCUT2D eigenvalue weighted by molar-refractivity contribution is 5.00. The lowest BCUT2D eigenvalue weighted by Crippen LogP contribution is -2.48. The van der Waals surface area contributed by atoms with Crippen LogP contribution in [0.3, 0.4) is 0 Å². The summed E-state index contributed by atoms with van der Waals surface area (Å²) in [5, 5.41) is 3.70. The number of aromatic nitrogens is 1. The van der Waals surface area contributed by atoms with Crippen LogP contribution in [-0.2, 0) is 13.0 Å². The number of nitrogens with one attached hydrogen (secondary N) is 1. The van der Waals surface area contributed by atoms with Gasteiger partial charge in [-0.2, -0.15) is 0 Å². The first kappa shape index (κ1) is 14.1. The van der Waals surface area contributed by atoms with E-state index in [1.54, 1.807) is 0 Å². The first-order chi connectivity index (χ1) is 9.80. The number of hydrogen-bond donors (Lipinski definition) is 1. The first-order valence-corrected chi connectivity index (χ1v) is 8.22. The van der Waals surface area contributed by atoms with Gasteiger partial charge in [-0.1, -0.05) is 13.8 Å². The predicted molar refractivity (Wildman–Crippen MR) is 79.5 cm³/mol. The molecule has 4 heteroatoms. The van der Waals surface area contributed by atoms with E-state index < -0.39 is 0 Å². The first-order valence-electron chi connectivity index (χ1n) is 8.22. The molecule has 2 bridgehead atoms. The van der Waals surface area contributed by atoms with E-state index in [1.807, 2.05) is 6.20 Å². The summed E-state index contributed by atoms with van der Waals surface area (Å²) in [6.45, 7) is 6.41. The number of rotatable bonds is 6. The maximum atomic E-state index is 5.78. The van der Waals surface area contributed by atoms with Crippen molar-refractivity contribution in [3.8, 4) is 0 Å². The van der Waals surface area contributed by atoms with Crippen LogP contribution in [0, 0.1) is 0 Å². The molecule has 20 heavy (non-hydrogen) atoms. The lowest BCUT2D eigenvalue weighted by atomic mass is 9.97. The molecule has 2 atom stereocenters. The van der Waals surface area contributed by atoms with Gasteiger partial charge in [0.25, 0.3) is 0 Å². The smallest absolute Gasteiger partial charge is 0.208 e. The summed E-state index contributed by atoms with van der Waals surface area (Å²) in [5.74, 6) is 1.91. The Hall–Kier alpha value is -0.870. The predicted octanol–water partition coefficient (Wildman–Crippen LogP) is 2.73. The van der Waals surface area contributed by atoms with Crippen LogP contribution in [0.1, 0.15) is 57.6 Å². The third-order valence-electron chi connectivity index (χ3n) is 4.84. The monoisotopic (exact) mass is 277 g/mol. The number of piperidine rings is 1. The zero-order chi connectivity index (χ0) is 13.9. The quantitative estimate of drug-likeness (QED) is 0.868. The molecule has 2 fully saturated rings. The molecule has 3 rings (SSSR count). The summed E-state index contributed by atoms with van der Waals surface area (Å²) in [4.78, 5) is 7.06. The Balaban J connectivity index is 1.59. The average Bonchev–Trinajstić information content (AvgIpc) is 3.00. The number of aryl methyl sites for hydroxylation is 1. The molecule has 0 amide bonds. The molecule has 0 saturated carbocycles. The van der Waals surface area contributed by atoms with Crippen molar-refractivity contribution in [2.45, 2.75) is 77.0 Å². The van der Waals surface area contributed by atoms with Crippen LogP contribution in [0.15, 0.2) is 10.6 Å². The Morgan fingerprint density at radius 1 is 1.30 bits per heavy atom. The molecule has 0 aliphatic carbocycles. The van der Waals surface area contributed by atoms with Crippen molar-refractivity contribution in [2.24, 2.45) is 0 Å². The van der Waals surface area contributed by atoms with E-state index in [4.69, 9.17) is 4.42 Å². The van der Waals surface area contributed by atoms with Crippen molar-refractivity contribution in [3.63, 3.8) is 0 Å². The van der Waals surface area contributed by atoms with Gasteiger partial charge in [-0.25, -0.2) is 4.98 Å². The van der Waals surface area contributed by atoms with E-state index in [2.05, 4.69) is 29.0 Å². The fraction of sp³-hybridized carbons (Fsp3) is 0.812. The topological polar surface area (TPSA) is 41.3 Å². The minimum atomic E-state index is 0.722. The Bertz CT molecular complexity index is 417. The van der Waals surface area contributed by atoms with Crippen LogP contribution < -0.4 is 5.32 Å². The maximum Gasteiger partial charge on any atom is 0.208 e. The van der Waals surface area contributed by atoms with Gasteiger partial charge in [-0.15, -0.1) is 0 Å². The molecule has 0 radical (unpaired) electrons. The molecular weight excluding hydrogens is 250 g/mol. The van der Waals surface area contributed by atoms with Crippen LogP contribution in [0.5, 0.6) is 0 Å². The molecule has 1 N–H and O–H groups in total. The second kappa shape index (κ2) is 6.27. The molecule has 1 aromatic heterocycles. The van der Waals surface area contributed by atoms with Gasteiger partial charge in [-0.3, -0.25) is 4.90 Å². The SMILES string of the molecule is CCCNC1CC2CCC(C1)N2Cc1ncc(CC)o1. The van der Waals surface area contributed by atoms with E-state index in [0.717, 1.165) is 49.3 Å². The summed E-state index contributed by atoms with van der Waals surface area (Å²) in [6.07, 6.45) is 9.31. The Morgan fingerprint density at radius 2 is 2.05 bits per heavy atom. The Labute approximate surface area is 121 Å². The minimum Gasteiger partial charge on any atom is -0.444 e. The normalized spacial score (nSPS) is 30.0. The van der Waals surface area contributed by atoms with E-state index in [0.29, 0.717) is 0 Å². The molecule has 0 spiro atoms. The van der Waals surface area contributed by atoms with Gasteiger partial charge < -0.3 is 9.73 Å². The standard InChI is InChI=1S/C16H27N3O/c1-3-7-17-12-8-13-5-6-14(9-12)19(13)11-16-18-10-15(4-2)20-16/h10,12-14,17H,3-9,11H2,1-2H3. The van der Waals surface area contributed by atoms with Gasteiger partial charge in [0, 0.05) is 24.5 Å². The van der Waals surface area contributed by atoms with Crippen molar-refractivity contribution in [1.29, 1.82) is 0 Å². The largest absolute Gasteiger partial charge is 0.444 e. The summed E-state index contributed by atoms with van der Waals surface area (Å²) in [7, 11) is 0. The van der Waals surface area contributed by atoms with Crippen molar-refractivity contribution in [1.82, 2.24) is 15.2 Å². The van der Waals surface area contributed by atoms with Gasteiger partial charge in [-0.05, 0) is 38.6 Å². The number of hydrogen-bond acceptors (Lipinski definition) is 4. The van der Waals surface area contributed by atoms with Crippen molar-refractivity contribution in [2.75, 3.05) is 6.54 Å². The van der Waals surface area contributed by atoms with Gasteiger partial charge in [0.15, 0.2) is 0 Å². The molecule has 2 aliphatic heterocycles. The molecular formula is C16H27N3O. The highest BCUT2D eigenvalue weighted by Gasteiger charge is 2.40. The van der Waals surface area contributed by atoms with Gasteiger partial charge >= 0.3 is 0 Å². The highest BCUT2D eigenvalue weighted by atomic mass is 16.4. The third-order valence-corrected chi connectivity index (χ3v) is 4.84. The van der Waals surface area contributed by atoms with Crippen LogP contribution in [0.2, 0.25) is 0 Å². The van der Waals surface area contributed by atoms with E-state index in [1.165, 1.54) is 32.1 Å². The second-order valence-electron chi connectivity index (χ2n) is 6.25. The molecule has 3 heterocycles. The zero-order valence-electron chi connectivity index (χ0n) is 12.8. The number of oxazole rings is 1. The van der Waals surface area contributed by atoms with Gasteiger partial charge in [0.2, 0.25) is 5.89 Å². The second-order valence-corrected chi connectivity index (χ2v) is 6.25. The van der Waals surface area contributed by atoms with Crippen LogP contribution in [0.25, 0.3) is 0 Å². The fourth-order valence-corrected chi connectivity index (χ4v) is 3.79. The molecule has 112 valence electrons. The zero-order valence-corrected chi connectivity index (χ0v) is 12.8. The van der Waals surface area contributed by atoms with E-state index >= 15 is 0 Å². The van der Waals surface area contributed by atoms with Crippen molar-refractivity contribution >= 4 is 0 Å². The summed E-state index contributed by atoms with van der Waals surface area (Å²) in [6, 6.07) is 2.17. The van der Waals surface area contributed by atoms with Gasteiger partial charge in [0.05, 0.1) is 12.7 Å². The summed E-state index contributed by atoms with van der Waals surface area (Å²) >= 11 is 0. The van der Waals surface area contributed by atoms with Crippen LogP contribution in [0.4, 0.5) is 0 Å². The molecule has 1 aromatic rings. The molecule has 2 unspecified atom stereocenters. The molecule has 4 nitrogen and oxygen atoms in total. The minimum absolute atomic E-state index is 0.722. The Morgan fingerprint density at radius 3 is 2.65 bits per heavy atom. The summed E-state index contributed by atoms with van der Waals surface area (Å²) < 4.78 is 5.78. The molecule has 2 aliphatic rings. The molecule has 2 saturated heterocycles. The van der Waals surface area contributed by atoms with Crippen LogP contribution >= 0.6 is 0 Å². The summed E-state index contributed by atoms with van der Waals surface area (Å²) in [5.41, 5.74) is 0. The Kier molecular flexibility index (Phi) is 4.41. The third kappa shape index (κ3) is 2.91. The fourth-order valence-electron chi connectivity index (χ4n) is 3.79. The molecule has 0 aromatic carbocycles. The number of nitrogens with zero attached hydrogens (tertiary/aromatic N) is 2. The number of fused-ring (bicyclic) bond motifs is 2. The van der Waals surface area contributed by atoms with E-state index in [9.17, 15) is 0 Å². The van der Waals surface area contributed by atoms with Crippen molar-refractivity contribution < 1.29 is 4.42 Å². The maximum absolute atomic E-state index is 5.78. The lowest BCUT2D eigenvalue weighted by molar-refractivity contribution is 0.0986. The van der Waals surface area contributed by atoms with Crippen LogP contribution in [-0.4, -0.2) is 34.6 Å².